The first kappa shape index (κ1) is 13.5. The second kappa shape index (κ2) is 6.32. The number of nitrogens with zero attached hydrogens (tertiary/aromatic N) is 1. The van der Waals surface area contributed by atoms with Crippen LogP contribution in [-0.4, -0.2) is 45.3 Å². The lowest BCUT2D eigenvalue weighted by Crippen LogP contribution is -2.40. The van der Waals surface area contributed by atoms with Crippen LogP contribution < -0.4 is 5.32 Å². The summed E-state index contributed by atoms with van der Waals surface area (Å²) in [6.45, 7) is 1.93. The summed E-state index contributed by atoms with van der Waals surface area (Å²) in [5, 5.41) is 3.47. The standard InChI is InChI=1S/C15H24N2O/c1-16-15-13-8-5-4-7-12(13)11-14(15)17(2)9-6-10-18-3/h4-5,7-8,14-16H,6,9-11H2,1-3H3. The molecule has 0 amide bonds. The van der Waals surface area contributed by atoms with E-state index < -0.39 is 0 Å². The molecule has 0 aromatic heterocycles. The lowest BCUT2D eigenvalue weighted by atomic mass is 10.1. The van der Waals surface area contributed by atoms with Gasteiger partial charge in [-0.2, -0.15) is 0 Å². The van der Waals surface area contributed by atoms with Crippen molar-refractivity contribution in [3.63, 3.8) is 0 Å². The van der Waals surface area contributed by atoms with E-state index in [1.807, 2.05) is 0 Å². The van der Waals surface area contributed by atoms with Crippen LogP contribution in [0.5, 0.6) is 0 Å². The van der Waals surface area contributed by atoms with Gasteiger partial charge in [0, 0.05) is 32.3 Å². The Hall–Kier alpha value is -0.900. The van der Waals surface area contributed by atoms with Crippen molar-refractivity contribution in [1.82, 2.24) is 10.2 Å². The smallest absolute Gasteiger partial charge is 0.0481 e. The maximum atomic E-state index is 5.13. The molecule has 3 nitrogen and oxygen atoms in total. The fourth-order valence-electron chi connectivity index (χ4n) is 2.96. The Bertz CT molecular complexity index is 381. The molecule has 0 saturated carbocycles. The predicted octanol–water partition coefficient (Wildman–Crippen LogP) is 1.84. The predicted molar refractivity (Wildman–Crippen MR) is 74.9 cm³/mol. The van der Waals surface area contributed by atoms with E-state index in [1.165, 1.54) is 11.1 Å². The average molecular weight is 248 g/mol. The molecule has 1 N–H and O–H groups in total. The van der Waals surface area contributed by atoms with Crippen LogP contribution in [0.4, 0.5) is 0 Å². The fraction of sp³-hybridized carbons (Fsp3) is 0.600. The molecule has 2 rings (SSSR count). The summed E-state index contributed by atoms with van der Waals surface area (Å²) in [7, 11) is 6.04. The molecule has 0 radical (unpaired) electrons. The van der Waals surface area contributed by atoms with Gasteiger partial charge >= 0.3 is 0 Å². The van der Waals surface area contributed by atoms with Crippen molar-refractivity contribution < 1.29 is 4.74 Å². The molecule has 1 aromatic rings. The largest absolute Gasteiger partial charge is 0.385 e. The topological polar surface area (TPSA) is 24.5 Å². The molecule has 100 valence electrons. The number of ether oxygens (including phenoxy) is 1. The van der Waals surface area contributed by atoms with Gasteiger partial charge in [-0.25, -0.2) is 0 Å². The molecule has 1 aliphatic rings. The average Bonchev–Trinajstić information content (AvgIpc) is 2.77. The number of fused-ring (bicyclic) bond motifs is 1. The molecular weight excluding hydrogens is 224 g/mol. The molecule has 2 atom stereocenters. The van der Waals surface area contributed by atoms with Crippen molar-refractivity contribution >= 4 is 0 Å². The molecular formula is C15H24N2O. The Morgan fingerprint density at radius 3 is 2.89 bits per heavy atom. The maximum absolute atomic E-state index is 5.13. The van der Waals surface area contributed by atoms with Crippen LogP contribution in [-0.2, 0) is 11.2 Å². The van der Waals surface area contributed by atoms with E-state index >= 15 is 0 Å². The normalized spacial score (nSPS) is 22.4. The molecule has 18 heavy (non-hydrogen) atoms. The zero-order chi connectivity index (χ0) is 13.0. The van der Waals surface area contributed by atoms with Crippen molar-refractivity contribution in [3.05, 3.63) is 35.4 Å². The zero-order valence-corrected chi connectivity index (χ0v) is 11.6. The molecule has 0 spiro atoms. The number of methoxy groups -OCH3 is 1. The number of likely N-dealkylation sites (N-methyl/N-ethyl adjacent to an activating group) is 2. The van der Waals surface area contributed by atoms with Crippen LogP contribution in [0.2, 0.25) is 0 Å². The summed E-state index contributed by atoms with van der Waals surface area (Å²) in [6, 6.07) is 9.79. The van der Waals surface area contributed by atoms with E-state index in [-0.39, 0.29) is 0 Å². The van der Waals surface area contributed by atoms with Gasteiger partial charge in [0.25, 0.3) is 0 Å². The fourth-order valence-corrected chi connectivity index (χ4v) is 2.96. The first-order valence-corrected chi connectivity index (χ1v) is 6.72. The van der Waals surface area contributed by atoms with Crippen molar-refractivity contribution in [3.8, 4) is 0 Å². The zero-order valence-electron chi connectivity index (χ0n) is 11.6. The highest BCUT2D eigenvalue weighted by molar-refractivity contribution is 5.37. The Labute approximate surface area is 110 Å². The number of rotatable bonds is 6. The van der Waals surface area contributed by atoms with Crippen LogP contribution in [0, 0.1) is 0 Å². The van der Waals surface area contributed by atoms with E-state index in [0.29, 0.717) is 12.1 Å². The third-order valence-electron chi connectivity index (χ3n) is 3.94. The van der Waals surface area contributed by atoms with Gasteiger partial charge in [-0.05, 0) is 38.1 Å². The molecule has 0 aliphatic heterocycles. The van der Waals surface area contributed by atoms with E-state index in [2.05, 4.69) is 48.6 Å². The van der Waals surface area contributed by atoms with Gasteiger partial charge in [0.15, 0.2) is 0 Å². The molecule has 2 unspecified atom stereocenters. The summed E-state index contributed by atoms with van der Waals surface area (Å²) in [5.74, 6) is 0. The summed E-state index contributed by atoms with van der Waals surface area (Å²) < 4.78 is 5.13. The second-order valence-corrected chi connectivity index (χ2v) is 5.06. The van der Waals surface area contributed by atoms with Gasteiger partial charge in [0.1, 0.15) is 0 Å². The van der Waals surface area contributed by atoms with Crippen LogP contribution in [0.1, 0.15) is 23.6 Å². The van der Waals surface area contributed by atoms with Gasteiger partial charge < -0.3 is 15.0 Å². The van der Waals surface area contributed by atoms with E-state index in [4.69, 9.17) is 4.74 Å². The molecule has 1 aliphatic carbocycles. The summed E-state index contributed by atoms with van der Waals surface area (Å²) in [6.07, 6.45) is 2.24. The van der Waals surface area contributed by atoms with Crippen LogP contribution in [0.15, 0.2) is 24.3 Å². The lowest BCUT2D eigenvalue weighted by Gasteiger charge is -2.29. The number of hydrogen-bond donors (Lipinski definition) is 1. The quantitative estimate of drug-likeness (QED) is 0.778. The SMILES string of the molecule is CNC1c2ccccc2CC1N(C)CCCOC. The van der Waals surface area contributed by atoms with E-state index in [0.717, 1.165) is 26.0 Å². The van der Waals surface area contributed by atoms with Gasteiger partial charge in [0.2, 0.25) is 0 Å². The van der Waals surface area contributed by atoms with Crippen LogP contribution in [0.25, 0.3) is 0 Å². The number of nitrogens with one attached hydrogen (secondary N) is 1. The Kier molecular flexibility index (Phi) is 4.75. The molecule has 0 heterocycles. The minimum Gasteiger partial charge on any atom is -0.385 e. The highest BCUT2D eigenvalue weighted by Gasteiger charge is 2.33. The number of benzene rings is 1. The third kappa shape index (κ3) is 2.74. The van der Waals surface area contributed by atoms with Gasteiger partial charge in [0.05, 0.1) is 0 Å². The first-order valence-electron chi connectivity index (χ1n) is 6.72. The van der Waals surface area contributed by atoms with Gasteiger partial charge in [-0.3, -0.25) is 0 Å². The lowest BCUT2D eigenvalue weighted by molar-refractivity contribution is 0.156. The van der Waals surface area contributed by atoms with Crippen molar-refractivity contribution in [2.24, 2.45) is 0 Å². The summed E-state index contributed by atoms with van der Waals surface area (Å²) in [4.78, 5) is 2.46. The number of hydrogen-bond acceptors (Lipinski definition) is 3. The Morgan fingerprint density at radius 2 is 2.17 bits per heavy atom. The highest BCUT2D eigenvalue weighted by Crippen LogP contribution is 2.33. The van der Waals surface area contributed by atoms with E-state index in [1.54, 1.807) is 7.11 Å². The summed E-state index contributed by atoms with van der Waals surface area (Å²) >= 11 is 0. The maximum Gasteiger partial charge on any atom is 0.0481 e. The minimum absolute atomic E-state index is 0.453. The minimum atomic E-state index is 0.453. The second-order valence-electron chi connectivity index (χ2n) is 5.06. The molecule has 0 saturated heterocycles. The first-order chi connectivity index (χ1) is 8.77. The van der Waals surface area contributed by atoms with Gasteiger partial charge in [-0.1, -0.05) is 24.3 Å². The van der Waals surface area contributed by atoms with Crippen LogP contribution in [0.3, 0.4) is 0 Å². The van der Waals surface area contributed by atoms with Crippen LogP contribution >= 0.6 is 0 Å². The molecule has 0 bridgehead atoms. The molecule has 1 aromatic carbocycles. The van der Waals surface area contributed by atoms with Gasteiger partial charge in [-0.15, -0.1) is 0 Å². The third-order valence-corrected chi connectivity index (χ3v) is 3.94. The Morgan fingerprint density at radius 1 is 1.39 bits per heavy atom. The van der Waals surface area contributed by atoms with Crippen molar-refractivity contribution in [1.29, 1.82) is 0 Å². The van der Waals surface area contributed by atoms with Crippen molar-refractivity contribution in [2.75, 3.05) is 34.4 Å². The summed E-state index contributed by atoms with van der Waals surface area (Å²) in [5.41, 5.74) is 2.95. The van der Waals surface area contributed by atoms with E-state index in [9.17, 15) is 0 Å². The Balaban J connectivity index is 2.02. The molecule has 0 fully saturated rings. The van der Waals surface area contributed by atoms with Crippen molar-refractivity contribution in [2.45, 2.75) is 24.9 Å². The molecule has 3 heteroatoms. The monoisotopic (exact) mass is 248 g/mol. The highest BCUT2D eigenvalue weighted by atomic mass is 16.5.